The summed E-state index contributed by atoms with van der Waals surface area (Å²) in [5.41, 5.74) is 5.72. The minimum absolute atomic E-state index is 0.0431. The van der Waals surface area contributed by atoms with Gasteiger partial charge in [0.25, 0.3) is 0 Å². The number of hydrogen-bond acceptors (Lipinski definition) is 3. The van der Waals surface area contributed by atoms with E-state index in [-0.39, 0.29) is 12.1 Å². The molecule has 0 bridgehead atoms. The van der Waals surface area contributed by atoms with Gasteiger partial charge in [0, 0.05) is 29.6 Å². The van der Waals surface area contributed by atoms with Gasteiger partial charge in [-0.1, -0.05) is 11.6 Å². The molecule has 1 aromatic carbocycles. The third kappa shape index (κ3) is 3.77. The van der Waals surface area contributed by atoms with Gasteiger partial charge in [0.15, 0.2) is 11.6 Å². The summed E-state index contributed by atoms with van der Waals surface area (Å²) in [6, 6.07) is 4.48. The van der Waals surface area contributed by atoms with Crippen molar-refractivity contribution >= 4 is 22.9 Å². The van der Waals surface area contributed by atoms with Gasteiger partial charge in [0.05, 0.1) is 10.4 Å². The molecule has 114 valence electrons. The maximum atomic E-state index is 13.9. The van der Waals surface area contributed by atoms with Crippen LogP contribution in [0.5, 0.6) is 0 Å². The van der Waals surface area contributed by atoms with E-state index >= 15 is 0 Å². The third-order valence-corrected chi connectivity index (χ3v) is 4.40. The molecule has 1 aromatic heterocycles. The van der Waals surface area contributed by atoms with Crippen molar-refractivity contribution in [3.8, 4) is 0 Å². The SMILES string of the molecule is CN(Cc1ccc(Cl)s1)C(CN)c1cc(F)c(F)cc1F. The first-order valence-electron chi connectivity index (χ1n) is 6.21. The number of hydrogen-bond donors (Lipinski definition) is 1. The molecule has 2 rings (SSSR count). The van der Waals surface area contributed by atoms with E-state index < -0.39 is 23.5 Å². The van der Waals surface area contributed by atoms with Crippen LogP contribution in [0.25, 0.3) is 0 Å². The molecule has 0 aliphatic carbocycles. The van der Waals surface area contributed by atoms with Crippen LogP contribution in [0.1, 0.15) is 16.5 Å². The molecule has 0 saturated carbocycles. The number of rotatable bonds is 5. The van der Waals surface area contributed by atoms with Gasteiger partial charge >= 0.3 is 0 Å². The highest BCUT2D eigenvalue weighted by Crippen LogP contribution is 2.28. The molecule has 1 heterocycles. The first-order chi connectivity index (χ1) is 9.92. The van der Waals surface area contributed by atoms with Gasteiger partial charge in [-0.3, -0.25) is 4.90 Å². The van der Waals surface area contributed by atoms with Crippen molar-refractivity contribution in [1.82, 2.24) is 4.90 Å². The van der Waals surface area contributed by atoms with Crippen LogP contribution in [0.4, 0.5) is 13.2 Å². The molecule has 0 radical (unpaired) electrons. The van der Waals surface area contributed by atoms with Gasteiger partial charge in [-0.05, 0) is 25.2 Å². The highest BCUT2D eigenvalue weighted by atomic mass is 35.5. The normalized spacial score (nSPS) is 12.9. The maximum absolute atomic E-state index is 13.9. The van der Waals surface area contributed by atoms with Crippen molar-refractivity contribution in [2.75, 3.05) is 13.6 Å². The summed E-state index contributed by atoms with van der Waals surface area (Å²) in [4.78, 5) is 2.75. The van der Waals surface area contributed by atoms with Crippen molar-refractivity contribution in [3.63, 3.8) is 0 Å². The van der Waals surface area contributed by atoms with Crippen LogP contribution in [-0.4, -0.2) is 18.5 Å². The largest absolute Gasteiger partial charge is 0.329 e. The summed E-state index contributed by atoms with van der Waals surface area (Å²) in [5, 5.41) is 0. The molecule has 0 spiro atoms. The molecule has 21 heavy (non-hydrogen) atoms. The van der Waals surface area contributed by atoms with Crippen LogP contribution in [0, 0.1) is 17.5 Å². The molecule has 0 amide bonds. The summed E-state index contributed by atoms with van der Waals surface area (Å²) in [6.07, 6.45) is 0. The quantitative estimate of drug-likeness (QED) is 0.839. The second kappa shape index (κ2) is 6.79. The number of likely N-dealkylation sites (N-methyl/N-ethyl adjacent to an activating group) is 1. The molecule has 0 fully saturated rings. The fraction of sp³-hybridized carbons (Fsp3) is 0.286. The van der Waals surface area contributed by atoms with E-state index in [1.807, 2.05) is 6.07 Å². The topological polar surface area (TPSA) is 29.3 Å². The predicted octanol–water partition coefficient (Wildman–Crippen LogP) is 3.95. The Labute approximate surface area is 129 Å². The molecular weight excluding hydrogens is 321 g/mol. The molecule has 0 aliphatic heterocycles. The molecular formula is C14H14ClF3N2S. The van der Waals surface area contributed by atoms with Crippen LogP contribution >= 0.6 is 22.9 Å². The van der Waals surface area contributed by atoms with Gasteiger partial charge in [0.2, 0.25) is 0 Å². The summed E-state index contributed by atoms with van der Waals surface area (Å²) in [6.45, 7) is 0.565. The number of benzene rings is 1. The average Bonchev–Trinajstić information content (AvgIpc) is 2.81. The zero-order chi connectivity index (χ0) is 15.6. The van der Waals surface area contributed by atoms with Crippen LogP contribution in [-0.2, 0) is 6.54 Å². The Bertz CT molecular complexity index is 633. The van der Waals surface area contributed by atoms with Crippen LogP contribution in [0.2, 0.25) is 4.34 Å². The predicted molar refractivity (Wildman–Crippen MR) is 78.9 cm³/mol. The number of nitrogens with two attached hydrogens (primary N) is 1. The van der Waals surface area contributed by atoms with E-state index in [1.165, 1.54) is 11.3 Å². The zero-order valence-corrected chi connectivity index (χ0v) is 12.8. The summed E-state index contributed by atoms with van der Waals surface area (Å²) < 4.78 is 40.9. The highest BCUT2D eigenvalue weighted by Gasteiger charge is 2.22. The van der Waals surface area contributed by atoms with E-state index in [9.17, 15) is 13.2 Å². The molecule has 7 heteroatoms. The summed E-state index contributed by atoms with van der Waals surface area (Å²) in [7, 11) is 1.74. The monoisotopic (exact) mass is 334 g/mol. The van der Waals surface area contributed by atoms with E-state index in [2.05, 4.69) is 0 Å². The van der Waals surface area contributed by atoms with Gasteiger partial charge in [-0.25, -0.2) is 13.2 Å². The average molecular weight is 335 g/mol. The fourth-order valence-electron chi connectivity index (χ4n) is 2.13. The van der Waals surface area contributed by atoms with Crippen LogP contribution < -0.4 is 5.73 Å². The van der Waals surface area contributed by atoms with E-state index in [0.29, 0.717) is 16.9 Å². The Morgan fingerprint density at radius 3 is 2.43 bits per heavy atom. The second-order valence-electron chi connectivity index (χ2n) is 4.66. The smallest absolute Gasteiger partial charge is 0.161 e. The van der Waals surface area contributed by atoms with Crippen molar-refractivity contribution in [2.24, 2.45) is 5.73 Å². The lowest BCUT2D eigenvalue weighted by atomic mass is 10.0. The Hall–Kier alpha value is -1.08. The van der Waals surface area contributed by atoms with Crippen molar-refractivity contribution in [3.05, 3.63) is 56.5 Å². The third-order valence-electron chi connectivity index (χ3n) is 3.19. The standard InChI is InChI=1S/C14H14ClF3N2S/c1-20(7-8-2-3-14(15)21-8)13(6-19)9-4-11(17)12(18)5-10(9)16/h2-5,13H,6-7,19H2,1H3. The minimum Gasteiger partial charge on any atom is -0.329 e. The van der Waals surface area contributed by atoms with Gasteiger partial charge in [0.1, 0.15) is 5.82 Å². The Kier molecular flexibility index (Phi) is 5.27. The van der Waals surface area contributed by atoms with Crippen LogP contribution in [0.15, 0.2) is 24.3 Å². The Morgan fingerprint density at radius 2 is 1.86 bits per heavy atom. The van der Waals surface area contributed by atoms with Gasteiger partial charge in [-0.15, -0.1) is 11.3 Å². The van der Waals surface area contributed by atoms with Gasteiger partial charge in [-0.2, -0.15) is 0 Å². The molecule has 0 saturated heterocycles. The van der Waals surface area contributed by atoms with Crippen LogP contribution in [0.3, 0.4) is 0 Å². The van der Waals surface area contributed by atoms with Crippen molar-refractivity contribution in [2.45, 2.75) is 12.6 Å². The molecule has 0 aliphatic rings. The van der Waals surface area contributed by atoms with E-state index in [1.54, 1.807) is 18.0 Å². The second-order valence-corrected chi connectivity index (χ2v) is 6.46. The number of thiophene rings is 1. The Balaban J connectivity index is 2.24. The molecule has 2 N–H and O–H groups in total. The maximum Gasteiger partial charge on any atom is 0.161 e. The number of nitrogens with zero attached hydrogens (tertiary/aromatic N) is 1. The Morgan fingerprint density at radius 1 is 1.19 bits per heavy atom. The lowest BCUT2D eigenvalue weighted by Gasteiger charge is -2.27. The first kappa shape index (κ1) is 16.3. The summed E-state index contributed by atoms with van der Waals surface area (Å²) >= 11 is 7.27. The van der Waals surface area contributed by atoms with Gasteiger partial charge < -0.3 is 5.73 Å². The lowest BCUT2D eigenvalue weighted by Crippen LogP contribution is -2.30. The van der Waals surface area contributed by atoms with Crippen molar-refractivity contribution in [1.29, 1.82) is 0 Å². The van der Waals surface area contributed by atoms with E-state index in [4.69, 9.17) is 17.3 Å². The molecule has 2 aromatic rings. The summed E-state index contributed by atoms with van der Waals surface area (Å²) in [5.74, 6) is -3.10. The van der Waals surface area contributed by atoms with Crippen molar-refractivity contribution < 1.29 is 13.2 Å². The zero-order valence-electron chi connectivity index (χ0n) is 11.2. The molecule has 2 nitrogen and oxygen atoms in total. The first-order valence-corrected chi connectivity index (χ1v) is 7.40. The lowest BCUT2D eigenvalue weighted by molar-refractivity contribution is 0.237. The molecule has 1 unspecified atom stereocenters. The molecule has 1 atom stereocenters. The number of halogens is 4. The minimum atomic E-state index is -1.21. The fourth-order valence-corrected chi connectivity index (χ4v) is 3.28. The van der Waals surface area contributed by atoms with E-state index in [0.717, 1.165) is 10.9 Å². The highest BCUT2D eigenvalue weighted by molar-refractivity contribution is 7.16.